The van der Waals surface area contributed by atoms with Crippen molar-refractivity contribution in [3.8, 4) is 0 Å². The molecule has 0 bridgehead atoms. The van der Waals surface area contributed by atoms with Gasteiger partial charge in [0.1, 0.15) is 0 Å². The van der Waals surface area contributed by atoms with Gasteiger partial charge < -0.3 is 20.7 Å². The van der Waals surface area contributed by atoms with Crippen LogP contribution >= 0.6 is 0 Å². The van der Waals surface area contributed by atoms with Crippen molar-refractivity contribution in [1.29, 1.82) is 0 Å². The van der Waals surface area contributed by atoms with Crippen LogP contribution < -0.4 is 16.0 Å². The summed E-state index contributed by atoms with van der Waals surface area (Å²) in [6, 6.07) is 15.0. The molecule has 28 heavy (non-hydrogen) atoms. The fourth-order valence-corrected chi connectivity index (χ4v) is 3.21. The highest BCUT2D eigenvalue weighted by Crippen LogP contribution is 2.19. The third kappa shape index (κ3) is 5.55. The molecule has 3 rings (SSSR count). The number of hydrogen-bond acceptors (Lipinski definition) is 5. The van der Waals surface area contributed by atoms with E-state index in [0.29, 0.717) is 12.1 Å². The molecule has 1 aliphatic heterocycles. The van der Waals surface area contributed by atoms with Crippen LogP contribution in [0.2, 0.25) is 0 Å². The van der Waals surface area contributed by atoms with Crippen molar-refractivity contribution in [2.24, 2.45) is 5.73 Å². The van der Waals surface area contributed by atoms with E-state index >= 15 is 0 Å². The van der Waals surface area contributed by atoms with Crippen molar-refractivity contribution in [3.05, 3.63) is 59.7 Å². The number of nitrogens with one attached hydrogen (secondary N) is 1. The SMILES string of the molecule is CN(CC(=O)Nc1ccc(N2CCOCC2)cc1)Cc1cccc(C(N)=O)c1. The van der Waals surface area contributed by atoms with Gasteiger partial charge >= 0.3 is 0 Å². The number of nitrogens with two attached hydrogens (primary N) is 1. The Kier molecular flexibility index (Phi) is 6.62. The molecule has 7 heteroatoms. The molecular weight excluding hydrogens is 356 g/mol. The standard InChI is InChI=1S/C21H26N4O3/c1-24(14-16-3-2-4-17(13-16)21(22)27)15-20(26)23-18-5-7-19(8-6-18)25-9-11-28-12-10-25/h2-8,13H,9-12,14-15H2,1H3,(H2,22,27)(H,23,26). The van der Waals surface area contributed by atoms with Crippen molar-refractivity contribution < 1.29 is 14.3 Å². The molecule has 0 saturated carbocycles. The predicted octanol–water partition coefficient (Wildman–Crippen LogP) is 1.69. The maximum Gasteiger partial charge on any atom is 0.248 e. The summed E-state index contributed by atoms with van der Waals surface area (Å²) in [5, 5.41) is 2.92. The molecule has 148 valence electrons. The quantitative estimate of drug-likeness (QED) is 0.761. The van der Waals surface area contributed by atoms with Crippen LogP contribution in [0, 0.1) is 0 Å². The number of nitrogens with zero attached hydrogens (tertiary/aromatic N) is 2. The van der Waals surface area contributed by atoms with Crippen LogP contribution in [0.25, 0.3) is 0 Å². The van der Waals surface area contributed by atoms with E-state index in [9.17, 15) is 9.59 Å². The van der Waals surface area contributed by atoms with Gasteiger partial charge in [0.25, 0.3) is 0 Å². The summed E-state index contributed by atoms with van der Waals surface area (Å²) in [5.41, 5.74) is 8.61. The van der Waals surface area contributed by atoms with Gasteiger partial charge in [-0.2, -0.15) is 0 Å². The first-order chi connectivity index (χ1) is 13.5. The first-order valence-electron chi connectivity index (χ1n) is 9.31. The molecule has 7 nitrogen and oxygen atoms in total. The summed E-state index contributed by atoms with van der Waals surface area (Å²) in [6.07, 6.45) is 0. The lowest BCUT2D eigenvalue weighted by Crippen LogP contribution is -2.36. The van der Waals surface area contributed by atoms with Gasteiger partial charge in [-0.15, -0.1) is 0 Å². The van der Waals surface area contributed by atoms with E-state index in [1.165, 1.54) is 0 Å². The highest BCUT2D eigenvalue weighted by Gasteiger charge is 2.12. The second-order valence-electron chi connectivity index (χ2n) is 6.93. The molecule has 0 spiro atoms. The lowest BCUT2D eigenvalue weighted by atomic mass is 10.1. The topological polar surface area (TPSA) is 87.9 Å². The van der Waals surface area contributed by atoms with E-state index in [-0.39, 0.29) is 12.5 Å². The van der Waals surface area contributed by atoms with Gasteiger partial charge in [-0.25, -0.2) is 0 Å². The van der Waals surface area contributed by atoms with Gasteiger partial charge in [0.2, 0.25) is 11.8 Å². The highest BCUT2D eigenvalue weighted by molar-refractivity contribution is 5.93. The van der Waals surface area contributed by atoms with E-state index in [1.54, 1.807) is 18.2 Å². The minimum Gasteiger partial charge on any atom is -0.378 e. The predicted molar refractivity (Wildman–Crippen MR) is 109 cm³/mol. The Balaban J connectivity index is 1.50. The number of primary amides is 1. The second kappa shape index (κ2) is 9.34. The van der Waals surface area contributed by atoms with E-state index in [1.807, 2.05) is 42.3 Å². The summed E-state index contributed by atoms with van der Waals surface area (Å²) in [6.45, 7) is 4.04. The number of morpholine rings is 1. The molecule has 0 unspecified atom stereocenters. The average molecular weight is 382 g/mol. The summed E-state index contributed by atoms with van der Waals surface area (Å²) in [7, 11) is 1.86. The Hall–Kier alpha value is -2.90. The molecule has 0 aromatic heterocycles. The van der Waals surface area contributed by atoms with Gasteiger partial charge in [-0.05, 0) is 49.0 Å². The number of rotatable bonds is 7. The zero-order chi connectivity index (χ0) is 19.9. The summed E-state index contributed by atoms with van der Waals surface area (Å²) >= 11 is 0. The second-order valence-corrected chi connectivity index (χ2v) is 6.93. The fraction of sp³-hybridized carbons (Fsp3) is 0.333. The first kappa shape index (κ1) is 19.9. The normalized spacial score (nSPS) is 14.1. The Bertz CT molecular complexity index is 817. The molecule has 0 aliphatic carbocycles. The van der Waals surface area contributed by atoms with Crippen molar-refractivity contribution in [3.63, 3.8) is 0 Å². The van der Waals surface area contributed by atoms with Crippen molar-refractivity contribution in [1.82, 2.24) is 4.90 Å². The molecule has 1 saturated heterocycles. The maximum absolute atomic E-state index is 12.3. The molecule has 0 radical (unpaired) electrons. The highest BCUT2D eigenvalue weighted by atomic mass is 16.5. The van der Waals surface area contributed by atoms with Crippen LogP contribution in [0.5, 0.6) is 0 Å². The number of likely N-dealkylation sites (N-methyl/N-ethyl adjacent to an activating group) is 1. The number of carbonyl (C=O) groups excluding carboxylic acids is 2. The zero-order valence-electron chi connectivity index (χ0n) is 16.1. The molecule has 2 aromatic carbocycles. The van der Waals surface area contributed by atoms with Crippen LogP contribution in [-0.4, -0.2) is 56.6 Å². The van der Waals surface area contributed by atoms with Crippen LogP contribution in [0.3, 0.4) is 0 Å². The fourth-order valence-electron chi connectivity index (χ4n) is 3.21. The Morgan fingerprint density at radius 2 is 1.86 bits per heavy atom. The largest absolute Gasteiger partial charge is 0.378 e. The lowest BCUT2D eigenvalue weighted by Gasteiger charge is -2.28. The summed E-state index contributed by atoms with van der Waals surface area (Å²) in [4.78, 5) is 27.8. The first-order valence-corrected chi connectivity index (χ1v) is 9.31. The number of ether oxygens (including phenoxy) is 1. The third-order valence-corrected chi connectivity index (χ3v) is 4.60. The molecule has 3 N–H and O–H groups in total. The van der Waals surface area contributed by atoms with Gasteiger partial charge in [-0.1, -0.05) is 12.1 Å². The zero-order valence-corrected chi connectivity index (χ0v) is 16.1. The average Bonchev–Trinajstić information content (AvgIpc) is 2.69. The smallest absolute Gasteiger partial charge is 0.248 e. The van der Waals surface area contributed by atoms with Crippen LogP contribution in [0.1, 0.15) is 15.9 Å². The number of amides is 2. The minimum atomic E-state index is -0.456. The van der Waals surface area contributed by atoms with Crippen molar-refractivity contribution in [2.75, 3.05) is 50.1 Å². The van der Waals surface area contributed by atoms with Gasteiger partial charge in [-0.3, -0.25) is 14.5 Å². The number of benzene rings is 2. The molecule has 1 aliphatic rings. The lowest BCUT2D eigenvalue weighted by molar-refractivity contribution is -0.117. The molecular formula is C21H26N4O3. The molecule has 2 aromatic rings. The Morgan fingerprint density at radius 3 is 2.54 bits per heavy atom. The summed E-state index contributed by atoms with van der Waals surface area (Å²) in [5.74, 6) is -0.546. The van der Waals surface area contributed by atoms with Crippen molar-refractivity contribution in [2.45, 2.75) is 6.54 Å². The Morgan fingerprint density at radius 1 is 1.14 bits per heavy atom. The number of carbonyl (C=O) groups is 2. The Labute approximate surface area is 165 Å². The van der Waals surface area contributed by atoms with E-state index in [0.717, 1.165) is 43.2 Å². The van der Waals surface area contributed by atoms with E-state index < -0.39 is 5.91 Å². The van der Waals surface area contributed by atoms with Crippen molar-refractivity contribution >= 4 is 23.2 Å². The monoisotopic (exact) mass is 382 g/mol. The van der Waals surface area contributed by atoms with Crippen LogP contribution in [0.4, 0.5) is 11.4 Å². The van der Waals surface area contributed by atoms with Gasteiger partial charge in [0.15, 0.2) is 0 Å². The van der Waals surface area contributed by atoms with Crippen LogP contribution in [0.15, 0.2) is 48.5 Å². The maximum atomic E-state index is 12.3. The molecule has 1 fully saturated rings. The number of hydrogen-bond donors (Lipinski definition) is 2. The number of anilines is 2. The minimum absolute atomic E-state index is 0.0901. The third-order valence-electron chi connectivity index (χ3n) is 4.60. The molecule has 1 heterocycles. The van der Waals surface area contributed by atoms with Gasteiger partial charge in [0.05, 0.1) is 19.8 Å². The summed E-state index contributed by atoms with van der Waals surface area (Å²) < 4.78 is 5.37. The van der Waals surface area contributed by atoms with E-state index in [4.69, 9.17) is 10.5 Å². The molecule has 2 amide bonds. The van der Waals surface area contributed by atoms with Gasteiger partial charge in [0, 0.05) is 36.6 Å². The molecule has 0 atom stereocenters. The van der Waals surface area contributed by atoms with E-state index in [2.05, 4.69) is 10.2 Å². The van der Waals surface area contributed by atoms with Crippen LogP contribution in [-0.2, 0) is 16.1 Å².